The third-order valence-electron chi connectivity index (χ3n) is 10.3. The largest absolute Gasteiger partial charge is 0.444 e. The summed E-state index contributed by atoms with van der Waals surface area (Å²) < 4.78 is 7.46. The Balaban J connectivity index is 0.978. The maximum absolute atomic E-state index is 12.5. The lowest BCUT2D eigenvalue weighted by Crippen LogP contribution is -2.50. The van der Waals surface area contributed by atoms with Gasteiger partial charge in [-0.25, -0.2) is 4.79 Å². The first-order valence-corrected chi connectivity index (χ1v) is 16.2. The van der Waals surface area contributed by atoms with E-state index < -0.39 is 5.60 Å². The number of aryl methyl sites for hydroxylation is 1. The number of nitrogens with one attached hydrogen (secondary N) is 1. The number of piperidine rings is 4. The van der Waals surface area contributed by atoms with Gasteiger partial charge in [0.25, 0.3) is 0 Å². The Morgan fingerprint density at radius 2 is 1.67 bits per heavy atom. The lowest BCUT2D eigenvalue weighted by atomic mass is 9.71. The summed E-state index contributed by atoms with van der Waals surface area (Å²) in [4.78, 5) is 43.7. The summed E-state index contributed by atoms with van der Waals surface area (Å²) in [5, 5.41) is 8.17. The van der Waals surface area contributed by atoms with Crippen LogP contribution in [0.4, 0.5) is 10.5 Å². The highest BCUT2D eigenvalue weighted by Gasteiger charge is 2.40. The highest BCUT2D eigenvalue weighted by Crippen LogP contribution is 2.42. The molecule has 0 radical (unpaired) electrons. The minimum Gasteiger partial charge on any atom is -0.444 e. The van der Waals surface area contributed by atoms with Gasteiger partial charge < -0.3 is 19.4 Å². The summed E-state index contributed by atoms with van der Waals surface area (Å²) >= 11 is 0. The van der Waals surface area contributed by atoms with E-state index in [-0.39, 0.29) is 23.8 Å². The Hall–Kier alpha value is -3.14. The topological polar surface area (TPSA) is 100 Å². The zero-order valence-corrected chi connectivity index (χ0v) is 26.4. The van der Waals surface area contributed by atoms with Gasteiger partial charge in [0.1, 0.15) is 5.60 Å². The van der Waals surface area contributed by atoms with Crippen molar-refractivity contribution in [2.45, 2.75) is 83.7 Å². The fourth-order valence-corrected chi connectivity index (χ4v) is 7.62. The van der Waals surface area contributed by atoms with Crippen molar-refractivity contribution in [3.8, 4) is 0 Å². The monoisotopic (exact) mass is 592 g/mol. The van der Waals surface area contributed by atoms with Crippen LogP contribution >= 0.6 is 0 Å². The predicted octanol–water partition coefficient (Wildman–Crippen LogP) is 4.42. The predicted molar refractivity (Wildman–Crippen MR) is 166 cm³/mol. The zero-order chi connectivity index (χ0) is 30.4. The minimum atomic E-state index is -0.441. The van der Waals surface area contributed by atoms with Crippen LogP contribution in [0.25, 0.3) is 10.9 Å². The van der Waals surface area contributed by atoms with Crippen molar-refractivity contribution < 1.29 is 19.1 Å². The van der Waals surface area contributed by atoms with Crippen molar-refractivity contribution in [3.63, 3.8) is 0 Å². The molecule has 1 aromatic heterocycles. The number of imide groups is 1. The number of amides is 3. The van der Waals surface area contributed by atoms with Crippen LogP contribution < -0.4 is 10.2 Å². The van der Waals surface area contributed by atoms with E-state index in [1.807, 2.05) is 37.4 Å². The molecule has 6 rings (SSSR count). The maximum Gasteiger partial charge on any atom is 0.410 e. The molecule has 0 saturated carbocycles. The molecule has 4 fully saturated rings. The fraction of sp³-hybridized carbons (Fsp3) is 0.697. The molecule has 10 heteroatoms. The first-order valence-electron chi connectivity index (χ1n) is 16.2. The molecule has 2 aromatic rings. The van der Waals surface area contributed by atoms with Crippen molar-refractivity contribution in [1.29, 1.82) is 0 Å². The molecule has 0 bridgehead atoms. The third kappa shape index (κ3) is 6.54. The fourth-order valence-electron chi connectivity index (χ4n) is 7.62. The number of aromatic nitrogens is 2. The molecule has 10 nitrogen and oxygen atoms in total. The lowest BCUT2D eigenvalue weighted by Gasteiger charge is -2.47. The van der Waals surface area contributed by atoms with E-state index in [9.17, 15) is 14.4 Å². The van der Waals surface area contributed by atoms with Crippen molar-refractivity contribution in [2.75, 3.05) is 50.7 Å². The smallest absolute Gasteiger partial charge is 0.410 e. The molecule has 43 heavy (non-hydrogen) atoms. The first kappa shape index (κ1) is 29.9. The van der Waals surface area contributed by atoms with E-state index in [2.05, 4.69) is 33.3 Å². The molecule has 1 spiro atoms. The normalized spacial score (nSPS) is 24.0. The first-order chi connectivity index (χ1) is 20.5. The number of anilines is 1. The van der Waals surface area contributed by atoms with Crippen LogP contribution in [0.2, 0.25) is 0 Å². The molecular weight excluding hydrogens is 544 g/mol. The molecule has 0 aliphatic carbocycles. The van der Waals surface area contributed by atoms with E-state index in [1.54, 1.807) is 0 Å². The average molecular weight is 593 g/mol. The molecule has 1 N–H and O–H groups in total. The van der Waals surface area contributed by atoms with Gasteiger partial charge in [0.2, 0.25) is 11.8 Å². The van der Waals surface area contributed by atoms with E-state index in [4.69, 9.17) is 9.84 Å². The van der Waals surface area contributed by atoms with Crippen molar-refractivity contribution in [3.05, 3.63) is 23.9 Å². The summed E-state index contributed by atoms with van der Waals surface area (Å²) in [5.41, 5.74) is 2.95. The van der Waals surface area contributed by atoms with Gasteiger partial charge in [-0.3, -0.25) is 19.6 Å². The Morgan fingerprint density at radius 3 is 2.33 bits per heavy atom. The highest BCUT2D eigenvalue weighted by molar-refractivity contribution is 6.02. The molecular formula is C33H48N6O4. The average Bonchev–Trinajstić information content (AvgIpc) is 3.29. The number of rotatable bonds is 4. The molecule has 4 aliphatic heterocycles. The third-order valence-corrected chi connectivity index (χ3v) is 10.3. The molecule has 234 valence electrons. The van der Waals surface area contributed by atoms with Gasteiger partial charge in [0.05, 0.1) is 17.1 Å². The lowest BCUT2D eigenvalue weighted by molar-refractivity contribution is -0.134. The van der Waals surface area contributed by atoms with E-state index >= 15 is 0 Å². The number of fused-ring (bicyclic) bond motifs is 1. The van der Waals surface area contributed by atoms with Crippen molar-refractivity contribution in [2.24, 2.45) is 18.4 Å². The van der Waals surface area contributed by atoms with Gasteiger partial charge in [0.15, 0.2) is 0 Å². The van der Waals surface area contributed by atoms with Gasteiger partial charge in [-0.1, -0.05) is 0 Å². The maximum atomic E-state index is 12.5. The number of hydrogen-bond donors (Lipinski definition) is 1. The number of ether oxygens (including phenoxy) is 1. The van der Waals surface area contributed by atoms with E-state index in [0.29, 0.717) is 18.3 Å². The molecule has 4 saturated heterocycles. The molecule has 1 atom stereocenters. The summed E-state index contributed by atoms with van der Waals surface area (Å²) in [6.07, 6.45) is 7.74. The summed E-state index contributed by atoms with van der Waals surface area (Å²) in [6.45, 7) is 13.0. The highest BCUT2D eigenvalue weighted by atomic mass is 16.6. The van der Waals surface area contributed by atoms with Crippen LogP contribution in [0.1, 0.15) is 83.7 Å². The van der Waals surface area contributed by atoms with Crippen molar-refractivity contribution >= 4 is 34.5 Å². The summed E-state index contributed by atoms with van der Waals surface area (Å²) in [5.74, 6) is -0.0970. The van der Waals surface area contributed by atoms with E-state index in [1.165, 1.54) is 51.0 Å². The van der Waals surface area contributed by atoms with Gasteiger partial charge in [-0.05, 0) is 108 Å². The van der Waals surface area contributed by atoms with Crippen LogP contribution in [-0.2, 0) is 21.4 Å². The molecule has 1 unspecified atom stereocenters. The second-order valence-corrected chi connectivity index (χ2v) is 14.4. The number of carbonyl (C=O) groups is 3. The Morgan fingerprint density at radius 1 is 1.00 bits per heavy atom. The van der Waals surface area contributed by atoms with Gasteiger partial charge in [-0.15, -0.1) is 0 Å². The van der Waals surface area contributed by atoms with Gasteiger partial charge >= 0.3 is 6.09 Å². The number of nitrogens with zero attached hydrogens (tertiary/aromatic N) is 5. The van der Waals surface area contributed by atoms with Gasteiger partial charge in [0, 0.05) is 57.3 Å². The van der Waals surface area contributed by atoms with Crippen LogP contribution in [0.3, 0.4) is 0 Å². The summed E-state index contributed by atoms with van der Waals surface area (Å²) in [7, 11) is 1.93. The van der Waals surface area contributed by atoms with Crippen molar-refractivity contribution in [1.82, 2.24) is 24.9 Å². The number of carbonyl (C=O) groups excluding carboxylic acids is 3. The van der Waals surface area contributed by atoms with Gasteiger partial charge in [-0.2, -0.15) is 5.10 Å². The Kier molecular flexibility index (Phi) is 8.17. The number of benzene rings is 1. The zero-order valence-electron chi connectivity index (χ0n) is 26.4. The number of likely N-dealkylation sites (tertiary alicyclic amines) is 2. The van der Waals surface area contributed by atoms with Crippen LogP contribution in [0.15, 0.2) is 18.2 Å². The molecule has 4 aliphatic rings. The molecule has 5 heterocycles. The second kappa shape index (κ2) is 11.7. The SMILES string of the molecule is Cn1nc(C2CCC(=O)NC2=O)c2ccc(N3CCC(CN4CCC5(CC4)CCN(C(=O)OC(C)(C)C)CC5)CC3)cc21. The minimum absolute atomic E-state index is 0.164. The number of hydrogen-bond acceptors (Lipinski definition) is 7. The molecule has 1 aromatic carbocycles. The van der Waals surface area contributed by atoms with Crippen LogP contribution in [0.5, 0.6) is 0 Å². The van der Waals surface area contributed by atoms with E-state index in [0.717, 1.165) is 61.5 Å². The quantitative estimate of drug-likeness (QED) is 0.525. The van der Waals surface area contributed by atoms with Crippen LogP contribution in [0, 0.1) is 11.3 Å². The molecule has 3 amide bonds. The Bertz CT molecular complexity index is 1350. The van der Waals surface area contributed by atoms with Crippen LogP contribution in [-0.4, -0.2) is 88.9 Å². The standard InChI is InChI=1S/C33H48N6O4/c1-32(2,3)43-31(42)39-19-13-33(14-20-39)11-17-37(18-12-33)22-23-9-15-38(16-10-23)24-5-6-25-27(21-24)36(4)35-29(25)26-7-8-28(40)34-30(26)41/h5-6,21,23,26H,7-20,22H2,1-4H3,(H,34,40,41). The summed E-state index contributed by atoms with van der Waals surface area (Å²) in [6, 6.07) is 6.47. The second-order valence-electron chi connectivity index (χ2n) is 14.4. The Labute approximate surface area is 255 Å².